The van der Waals surface area contributed by atoms with Gasteiger partial charge in [-0.1, -0.05) is 23.7 Å². The number of alkyl halides is 3. The molecule has 0 saturated carbocycles. The summed E-state index contributed by atoms with van der Waals surface area (Å²) in [6.07, 6.45) is -2.92. The number of Topliss-reactive ketones (excluding diaryl/α,β-unsaturated/α-hetero) is 1. The fraction of sp³-hybridized carbons (Fsp3) is 0.438. The minimum Gasteiger partial charge on any atom is -0.345 e. The Kier molecular flexibility index (Phi) is 4.61. The van der Waals surface area contributed by atoms with Gasteiger partial charge in [-0.05, 0) is 24.8 Å². The number of hydrogen-bond acceptors (Lipinski definition) is 3. The van der Waals surface area contributed by atoms with E-state index >= 15 is 0 Å². The van der Waals surface area contributed by atoms with Gasteiger partial charge in [0.2, 0.25) is 0 Å². The van der Waals surface area contributed by atoms with E-state index in [-0.39, 0.29) is 27.8 Å². The summed E-state index contributed by atoms with van der Waals surface area (Å²) in [5.74, 6) is -1.77. The van der Waals surface area contributed by atoms with Crippen LogP contribution in [0.2, 0.25) is 5.02 Å². The molecule has 1 aliphatic rings. The van der Waals surface area contributed by atoms with E-state index in [0.717, 1.165) is 0 Å². The number of carbonyl (C=O) groups is 1. The largest absolute Gasteiger partial charge is 0.454 e. The number of rotatable bonds is 3. The fourth-order valence-corrected chi connectivity index (χ4v) is 5.06. The molecular weight excluding hydrogens is 379 g/mol. The first-order valence-electron chi connectivity index (χ1n) is 7.68. The first kappa shape index (κ1) is 18.3. The van der Waals surface area contributed by atoms with E-state index < -0.39 is 27.4 Å². The first-order valence-corrected chi connectivity index (χ1v) is 9.88. The summed E-state index contributed by atoms with van der Waals surface area (Å²) in [6, 6.07) is 4.48. The number of sulfone groups is 1. The molecule has 0 N–H and O–H groups in total. The minimum atomic E-state index is -4.97. The summed E-state index contributed by atoms with van der Waals surface area (Å²) in [5, 5.41) is 0.403. The third-order valence-electron chi connectivity index (χ3n) is 4.48. The molecule has 0 bridgehead atoms. The van der Waals surface area contributed by atoms with Crippen LogP contribution in [0.3, 0.4) is 0 Å². The summed E-state index contributed by atoms with van der Waals surface area (Å²) in [4.78, 5) is 11.7. The molecule has 3 rings (SSSR count). The van der Waals surface area contributed by atoms with E-state index in [1.54, 1.807) is 10.6 Å². The Hall–Kier alpha value is -1.54. The normalized spacial score (nSPS) is 18.6. The van der Waals surface area contributed by atoms with E-state index in [9.17, 15) is 26.4 Å². The highest BCUT2D eigenvalue weighted by molar-refractivity contribution is 7.91. The van der Waals surface area contributed by atoms with Crippen LogP contribution in [0.1, 0.15) is 23.2 Å². The third kappa shape index (κ3) is 3.69. The number of ketones is 1. The smallest absolute Gasteiger partial charge is 0.345 e. The SMILES string of the molecule is O=C(c1cn(CC2CCS(=O)(=O)CC2)c2c(Cl)cccc12)C(F)(F)F. The minimum absolute atomic E-state index is 0.00392. The molecule has 0 atom stereocenters. The van der Waals surface area contributed by atoms with Gasteiger partial charge in [0, 0.05) is 18.1 Å². The van der Waals surface area contributed by atoms with Gasteiger partial charge in [0.05, 0.1) is 27.6 Å². The topological polar surface area (TPSA) is 56.1 Å². The predicted octanol–water partition coefficient (Wildman–Crippen LogP) is 3.86. The van der Waals surface area contributed by atoms with Crippen LogP contribution in [-0.2, 0) is 16.4 Å². The lowest BCUT2D eigenvalue weighted by molar-refractivity contribution is -0.0884. The molecule has 1 aliphatic heterocycles. The number of halogens is 4. The molecule has 2 aromatic rings. The Morgan fingerprint density at radius 3 is 2.48 bits per heavy atom. The lowest BCUT2D eigenvalue weighted by Crippen LogP contribution is -2.26. The molecule has 4 nitrogen and oxygen atoms in total. The zero-order chi connectivity index (χ0) is 18.4. The molecule has 1 aromatic heterocycles. The zero-order valence-corrected chi connectivity index (χ0v) is 14.6. The number of aromatic nitrogens is 1. The van der Waals surface area contributed by atoms with Crippen molar-refractivity contribution in [1.82, 2.24) is 4.57 Å². The van der Waals surface area contributed by atoms with Crippen molar-refractivity contribution in [2.24, 2.45) is 5.92 Å². The Balaban J connectivity index is 2.00. The molecule has 9 heteroatoms. The van der Waals surface area contributed by atoms with Crippen LogP contribution >= 0.6 is 11.6 Å². The van der Waals surface area contributed by atoms with Gasteiger partial charge in [-0.15, -0.1) is 0 Å². The van der Waals surface area contributed by atoms with Gasteiger partial charge in [-0.3, -0.25) is 4.79 Å². The molecule has 0 spiro atoms. The zero-order valence-electron chi connectivity index (χ0n) is 13.0. The maximum atomic E-state index is 12.9. The lowest BCUT2D eigenvalue weighted by Gasteiger charge is -2.22. The van der Waals surface area contributed by atoms with Crippen LogP contribution in [0.4, 0.5) is 13.2 Å². The van der Waals surface area contributed by atoms with Crippen molar-refractivity contribution in [3.05, 3.63) is 35.0 Å². The van der Waals surface area contributed by atoms with Gasteiger partial charge < -0.3 is 4.57 Å². The van der Waals surface area contributed by atoms with Gasteiger partial charge in [-0.2, -0.15) is 13.2 Å². The van der Waals surface area contributed by atoms with Gasteiger partial charge in [0.15, 0.2) is 0 Å². The molecule has 0 amide bonds. The second-order valence-electron chi connectivity index (χ2n) is 6.25. The van der Waals surface area contributed by atoms with Crippen LogP contribution in [-0.4, -0.2) is 36.5 Å². The average molecular weight is 394 g/mol. The number of fused-ring (bicyclic) bond motifs is 1. The van der Waals surface area contributed by atoms with Crippen molar-refractivity contribution in [3.8, 4) is 0 Å². The van der Waals surface area contributed by atoms with Crippen molar-refractivity contribution in [2.75, 3.05) is 11.5 Å². The maximum absolute atomic E-state index is 12.9. The molecular formula is C16H15ClF3NO3S. The van der Waals surface area contributed by atoms with E-state index in [4.69, 9.17) is 11.6 Å². The fourth-order valence-electron chi connectivity index (χ4n) is 3.19. The average Bonchev–Trinajstić information content (AvgIpc) is 2.87. The molecule has 0 unspecified atom stereocenters. The Labute approximate surface area is 147 Å². The Bertz CT molecular complexity index is 920. The van der Waals surface area contributed by atoms with Crippen molar-refractivity contribution in [2.45, 2.75) is 25.6 Å². The number of carbonyl (C=O) groups excluding carboxylic acids is 1. The second kappa shape index (κ2) is 6.32. The summed E-state index contributed by atoms with van der Waals surface area (Å²) in [5.41, 5.74) is -0.0707. The standard InChI is InChI=1S/C16H15ClF3NO3S/c17-13-3-1-2-11-12(15(22)16(18,19)20)9-21(14(11)13)8-10-4-6-25(23,24)7-5-10/h1-3,9-10H,4-8H2. The first-order chi connectivity index (χ1) is 11.6. The third-order valence-corrected chi connectivity index (χ3v) is 6.50. The van der Waals surface area contributed by atoms with E-state index in [0.29, 0.717) is 24.9 Å². The van der Waals surface area contributed by atoms with E-state index in [1.165, 1.54) is 18.3 Å². The van der Waals surface area contributed by atoms with Crippen LogP contribution < -0.4 is 0 Å². The molecule has 136 valence electrons. The Morgan fingerprint density at radius 1 is 1.24 bits per heavy atom. The van der Waals surface area contributed by atoms with Crippen LogP contribution in [0.25, 0.3) is 10.9 Å². The van der Waals surface area contributed by atoms with Crippen molar-refractivity contribution in [3.63, 3.8) is 0 Å². The maximum Gasteiger partial charge on any atom is 0.454 e. The van der Waals surface area contributed by atoms with Crippen LogP contribution in [0, 0.1) is 5.92 Å². The molecule has 1 aromatic carbocycles. The molecule has 0 radical (unpaired) electrons. The lowest BCUT2D eigenvalue weighted by atomic mass is 10.0. The second-order valence-corrected chi connectivity index (χ2v) is 8.96. The van der Waals surface area contributed by atoms with Crippen LogP contribution in [0.15, 0.2) is 24.4 Å². The molecule has 1 fully saturated rings. The van der Waals surface area contributed by atoms with Crippen molar-refractivity contribution >= 4 is 38.1 Å². The van der Waals surface area contributed by atoms with Crippen molar-refractivity contribution < 1.29 is 26.4 Å². The summed E-state index contributed by atoms with van der Waals surface area (Å²) in [7, 11) is -3.02. The highest BCUT2D eigenvalue weighted by Gasteiger charge is 2.41. The number of benzene rings is 1. The van der Waals surface area contributed by atoms with Gasteiger partial charge in [-0.25, -0.2) is 8.42 Å². The molecule has 2 heterocycles. The van der Waals surface area contributed by atoms with Gasteiger partial charge in [0.1, 0.15) is 9.84 Å². The molecule has 25 heavy (non-hydrogen) atoms. The van der Waals surface area contributed by atoms with Gasteiger partial charge in [0.25, 0.3) is 5.78 Å². The predicted molar refractivity (Wildman–Crippen MR) is 88.7 cm³/mol. The molecule has 1 saturated heterocycles. The highest BCUT2D eigenvalue weighted by Crippen LogP contribution is 2.33. The summed E-state index contributed by atoms with van der Waals surface area (Å²) < 4.78 is 63.2. The van der Waals surface area contributed by atoms with E-state index in [2.05, 4.69) is 0 Å². The Morgan fingerprint density at radius 2 is 1.88 bits per heavy atom. The van der Waals surface area contributed by atoms with Gasteiger partial charge >= 0.3 is 6.18 Å². The monoisotopic (exact) mass is 393 g/mol. The quantitative estimate of drug-likeness (QED) is 0.744. The van der Waals surface area contributed by atoms with Crippen molar-refractivity contribution in [1.29, 1.82) is 0 Å². The summed E-state index contributed by atoms with van der Waals surface area (Å²) >= 11 is 6.15. The highest BCUT2D eigenvalue weighted by atomic mass is 35.5. The molecule has 0 aliphatic carbocycles. The number of nitrogens with zero attached hydrogens (tertiary/aromatic N) is 1. The number of para-hydroxylation sites is 1. The number of hydrogen-bond donors (Lipinski definition) is 0. The van der Waals surface area contributed by atoms with Crippen LogP contribution in [0.5, 0.6) is 0 Å². The summed E-state index contributed by atoms with van der Waals surface area (Å²) in [6.45, 7) is 0.320. The van der Waals surface area contributed by atoms with E-state index in [1.807, 2.05) is 0 Å².